The van der Waals surface area contributed by atoms with Crippen molar-refractivity contribution in [3.63, 3.8) is 0 Å². The van der Waals surface area contributed by atoms with Crippen LogP contribution in [0.2, 0.25) is 0 Å². The van der Waals surface area contributed by atoms with Gasteiger partial charge in [0.2, 0.25) is 0 Å². The number of allylic oxidation sites excluding steroid dienone is 1. The van der Waals surface area contributed by atoms with Gasteiger partial charge in [0.05, 0.1) is 30.4 Å². The van der Waals surface area contributed by atoms with Gasteiger partial charge in [-0.05, 0) is 50.3 Å². The number of carbonyl (C=O) groups excluding carboxylic acids is 2. The SMILES string of the molecule is COCCOC(=O)C1=C(C)N=C(C)C(C(=O)OCC2CCCCC2)C1c1cccc(C#N)c1. The molecule has 7 heteroatoms. The normalized spacial score (nSPS) is 21.2. The summed E-state index contributed by atoms with van der Waals surface area (Å²) in [6.45, 7) is 4.26. The van der Waals surface area contributed by atoms with Crippen molar-refractivity contribution in [3.05, 3.63) is 46.7 Å². The molecule has 2 aliphatic rings. The predicted molar refractivity (Wildman–Crippen MR) is 124 cm³/mol. The fourth-order valence-electron chi connectivity index (χ4n) is 4.71. The van der Waals surface area contributed by atoms with Gasteiger partial charge in [-0.15, -0.1) is 0 Å². The summed E-state index contributed by atoms with van der Waals surface area (Å²) in [5, 5.41) is 9.40. The summed E-state index contributed by atoms with van der Waals surface area (Å²) >= 11 is 0. The molecule has 1 aromatic rings. The van der Waals surface area contributed by atoms with Gasteiger partial charge in [-0.1, -0.05) is 31.4 Å². The number of hydrogen-bond donors (Lipinski definition) is 0. The maximum atomic E-state index is 13.4. The molecule has 2 atom stereocenters. The van der Waals surface area contributed by atoms with Crippen molar-refractivity contribution in [3.8, 4) is 6.07 Å². The molecule has 0 saturated heterocycles. The van der Waals surface area contributed by atoms with Crippen LogP contribution >= 0.6 is 0 Å². The highest BCUT2D eigenvalue weighted by Crippen LogP contribution is 2.40. The van der Waals surface area contributed by atoms with Crippen LogP contribution in [0.15, 0.2) is 40.5 Å². The molecule has 33 heavy (non-hydrogen) atoms. The van der Waals surface area contributed by atoms with E-state index in [9.17, 15) is 14.9 Å². The van der Waals surface area contributed by atoms with E-state index in [0.717, 1.165) is 25.7 Å². The van der Waals surface area contributed by atoms with Crippen LogP contribution in [0.25, 0.3) is 0 Å². The highest BCUT2D eigenvalue weighted by Gasteiger charge is 2.42. The number of nitrogens with zero attached hydrogens (tertiary/aromatic N) is 2. The quantitative estimate of drug-likeness (QED) is 0.430. The van der Waals surface area contributed by atoms with E-state index in [1.165, 1.54) is 13.5 Å². The fourth-order valence-corrected chi connectivity index (χ4v) is 4.71. The fraction of sp³-hybridized carbons (Fsp3) is 0.538. The minimum atomic E-state index is -0.767. The van der Waals surface area contributed by atoms with Gasteiger partial charge in [-0.3, -0.25) is 9.79 Å². The molecule has 1 aromatic carbocycles. The molecule has 0 aromatic heterocycles. The summed E-state index contributed by atoms with van der Waals surface area (Å²) in [4.78, 5) is 31.0. The predicted octanol–water partition coefficient (Wildman–Crippen LogP) is 4.32. The Balaban J connectivity index is 1.93. The van der Waals surface area contributed by atoms with Crippen LogP contribution in [-0.2, 0) is 23.8 Å². The van der Waals surface area contributed by atoms with Crippen molar-refractivity contribution in [1.29, 1.82) is 5.26 Å². The zero-order valence-corrected chi connectivity index (χ0v) is 19.6. The largest absolute Gasteiger partial charge is 0.465 e. The third-order valence-electron chi connectivity index (χ3n) is 6.38. The topological polar surface area (TPSA) is 98.0 Å². The highest BCUT2D eigenvalue weighted by atomic mass is 16.6. The second kappa shape index (κ2) is 11.8. The van der Waals surface area contributed by atoms with Gasteiger partial charge < -0.3 is 14.2 Å². The van der Waals surface area contributed by atoms with E-state index >= 15 is 0 Å². The first-order chi connectivity index (χ1) is 16.0. The highest BCUT2D eigenvalue weighted by molar-refractivity contribution is 6.07. The zero-order valence-electron chi connectivity index (χ0n) is 19.6. The van der Waals surface area contributed by atoms with Gasteiger partial charge in [-0.2, -0.15) is 5.26 Å². The average Bonchev–Trinajstić information content (AvgIpc) is 2.82. The minimum Gasteiger partial charge on any atom is -0.465 e. The number of hydrogen-bond acceptors (Lipinski definition) is 7. The number of esters is 2. The summed E-state index contributed by atoms with van der Waals surface area (Å²) in [5.74, 6) is -1.98. The van der Waals surface area contributed by atoms with Crippen molar-refractivity contribution in [2.45, 2.75) is 51.9 Å². The van der Waals surface area contributed by atoms with E-state index in [0.29, 0.717) is 40.6 Å². The van der Waals surface area contributed by atoms with E-state index in [1.54, 1.807) is 32.0 Å². The van der Waals surface area contributed by atoms with E-state index in [1.807, 2.05) is 6.07 Å². The lowest BCUT2D eigenvalue weighted by molar-refractivity contribution is -0.148. The van der Waals surface area contributed by atoms with Gasteiger partial charge in [0.1, 0.15) is 12.5 Å². The van der Waals surface area contributed by atoms with Crippen molar-refractivity contribution in [2.24, 2.45) is 16.8 Å². The first kappa shape index (κ1) is 24.7. The van der Waals surface area contributed by atoms with E-state index < -0.39 is 23.8 Å². The number of methoxy groups -OCH3 is 1. The molecule has 1 aliphatic carbocycles. The number of rotatable bonds is 8. The van der Waals surface area contributed by atoms with Gasteiger partial charge in [-0.25, -0.2) is 4.79 Å². The summed E-state index contributed by atoms with van der Waals surface area (Å²) in [6.07, 6.45) is 5.68. The molecule has 0 N–H and O–H groups in total. The molecule has 176 valence electrons. The van der Waals surface area contributed by atoms with Crippen LogP contribution in [0, 0.1) is 23.2 Å². The summed E-state index contributed by atoms with van der Waals surface area (Å²) in [7, 11) is 1.53. The molecule has 0 bridgehead atoms. The third kappa shape index (κ3) is 6.08. The number of ether oxygens (including phenoxy) is 3. The van der Waals surface area contributed by atoms with E-state index in [2.05, 4.69) is 11.1 Å². The van der Waals surface area contributed by atoms with Gasteiger partial charge >= 0.3 is 11.9 Å². The lowest BCUT2D eigenvalue weighted by Gasteiger charge is -2.32. The second-order valence-electron chi connectivity index (χ2n) is 8.71. The van der Waals surface area contributed by atoms with Crippen LogP contribution in [0.4, 0.5) is 0 Å². The molecule has 1 saturated carbocycles. The zero-order chi connectivity index (χ0) is 23.8. The van der Waals surface area contributed by atoms with Crippen molar-refractivity contribution in [2.75, 3.05) is 26.9 Å². The van der Waals surface area contributed by atoms with Crippen molar-refractivity contribution in [1.82, 2.24) is 0 Å². The maximum Gasteiger partial charge on any atom is 0.336 e. The lowest BCUT2D eigenvalue weighted by Crippen LogP contribution is -2.37. The van der Waals surface area contributed by atoms with Crippen molar-refractivity contribution >= 4 is 17.7 Å². The molecule has 1 aliphatic heterocycles. The number of nitriles is 1. The Labute approximate surface area is 195 Å². The van der Waals surface area contributed by atoms with Crippen LogP contribution in [0.1, 0.15) is 63.0 Å². The molecule has 7 nitrogen and oxygen atoms in total. The number of benzene rings is 1. The van der Waals surface area contributed by atoms with Crippen LogP contribution in [0.5, 0.6) is 0 Å². The standard InChI is InChI=1S/C26H32N2O5/c1-17-22(25(29)32-13-12-31-3)24(21-11-7-10-20(14-21)15-27)23(18(2)28-17)26(30)33-16-19-8-5-4-6-9-19/h7,10-11,14,19,23-24H,4-6,8-9,12-13,16H2,1-3H3. The minimum absolute atomic E-state index is 0.0938. The summed E-state index contributed by atoms with van der Waals surface area (Å²) in [6, 6.07) is 9.11. The Morgan fingerprint density at radius 1 is 1.12 bits per heavy atom. The van der Waals surface area contributed by atoms with E-state index in [4.69, 9.17) is 14.2 Å². The Morgan fingerprint density at radius 3 is 2.58 bits per heavy atom. The lowest BCUT2D eigenvalue weighted by atomic mass is 9.75. The Morgan fingerprint density at radius 2 is 1.88 bits per heavy atom. The molecular formula is C26H32N2O5. The molecule has 3 rings (SSSR count). The monoisotopic (exact) mass is 452 g/mol. The van der Waals surface area contributed by atoms with Crippen LogP contribution in [-0.4, -0.2) is 44.6 Å². The van der Waals surface area contributed by atoms with Gasteiger partial charge in [0.25, 0.3) is 0 Å². The Bertz CT molecular complexity index is 969. The van der Waals surface area contributed by atoms with Crippen LogP contribution < -0.4 is 0 Å². The molecular weight excluding hydrogens is 420 g/mol. The molecule has 2 unspecified atom stereocenters. The smallest absolute Gasteiger partial charge is 0.336 e. The first-order valence-corrected chi connectivity index (χ1v) is 11.5. The molecule has 1 heterocycles. The average molecular weight is 453 g/mol. The second-order valence-corrected chi connectivity index (χ2v) is 8.71. The van der Waals surface area contributed by atoms with E-state index in [-0.39, 0.29) is 13.2 Å². The molecule has 0 amide bonds. The first-order valence-electron chi connectivity index (χ1n) is 11.5. The summed E-state index contributed by atoms with van der Waals surface area (Å²) < 4.78 is 16.2. The summed E-state index contributed by atoms with van der Waals surface area (Å²) in [5.41, 5.74) is 2.53. The van der Waals surface area contributed by atoms with Crippen molar-refractivity contribution < 1.29 is 23.8 Å². The van der Waals surface area contributed by atoms with Gasteiger partial charge in [0, 0.05) is 24.4 Å². The Hall–Kier alpha value is -2.98. The number of carbonyl (C=O) groups is 2. The van der Waals surface area contributed by atoms with Crippen LogP contribution in [0.3, 0.4) is 0 Å². The molecule has 0 spiro atoms. The molecule has 1 fully saturated rings. The Kier molecular flexibility index (Phi) is 8.79. The van der Waals surface area contributed by atoms with Gasteiger partial charge in [0.15, 0.2) is 0 Å². The number of aliphatic imine (C=N–C) groups is 1. The third-order valence-corrected chi connectivity index (χ3v) is 6.38. The maximum absolute atomic E-state index is 13.4. The molecule has 0 radical (unpaired) electrons.